The molecule has 5 nitrogen and oxygen atoms in total. The number of benzene rings is 2. The quantitative estimate of drug-likeness (QED) is 0.120. The summed E-state index contributed by atoms with van der Waals surface area (Å²) in [6.07, 6.45) is 11.8. The van der Waals surface area contributed by atoms with Gasteiger partial charge in [0.2, 0.25) is 0 Å². The summed E-state index contributed by atoms with van der Waals surface area (Å²) in [7, 11) is 0. The highest BCUT2D eigenvalue weighted by Gasteiger charge is 2.20. The highest BCUT2D eigenvalue weighted by molar-refractivity contribution is 5.56. The summed E-state index contributed by atoms with van der Waals surface area (Å²) in [6.45, 7) is 14.9. The summed E-state index contributed by atoms with van der Waals surface area (Å²) in [5.74, 6) is 2.76. The van der Waals surface area contributed by atoms with Crippen LogP contribution in [0.5, 0.6) is 0 Å². The largest absolute Gasteiger partial charge is 0.384 e. The van der Waals surface area contributed by atoms with Crippen LogP contribution in [0, 0.1) is 5.82 Å². The lowest BCUT2D eigenvalue weighted by molar-refractivity contribution is 0.628. The molecule has 1 aromatic heterocycles. The fraction of sp³-hybridized carbons (Fsp3) is 0.475. The molecule has 2 atom stereocenters. The second-order valence-corrected chi connectivity index (χ2v) is 12.4. The maximum absolute atomic E-state index is 13.4. The molecule has 4 N–H and O–H groups in total. The Kier molecular flexibility index (Phi) is 13.5. The van der Waals surface area contributed by atoms with Gasteiger partial charge < -0.3 is 21.3 Å². The van der Waals surface area contributed by atoms with Gasteiger partial charge in [-0.05, 0) is 128 Å². The van der Waals surface area contributed by atoms with Gasteiger partial charge in [0.05, 0.1) is 0 Å². The van der Waals surface area contributed by atoms with E-state index in [0.29, 0.717) is 11.8 Å². The maximum Gasteiger partial charge on any atom is 0.131 e. The van der Waals surface area contributed by atoms with Crippen molar-refractivity contribution in [1.29, 1.82) is 0 Å². The Morgan fingerprint density at radius 1 is 0.848 bits per heavy atom. The second-order valence-electron chi connectivity index (χ2n) is 12.4. The molecule has 5 rings (SSSR count). The molecule has 2 fully saturated rings. The molecule has 0 amide bonds. The molecule has 1 heterocycles. The molecule has 46 heavy (non-hydrogen) atoms. The monoisotopic (exact) mass is 625 g/mol. The number of halogens is 1. The van der Waals surface area contributed by atoms with Crippen LogP contribution in [0.25, 0.3) is 0 Å². The summed E-state index contributed by atoms with van der Waals surface area (Å²) in [4.78, 5) is 4.65. The number of pyridine rings is 1. The second kappa shape index (κ2) is 17.8. The van der Waals surface area contributed by atoms with E-state index in [9.17, 15) is 4.39 Å². The Morgan fingerprint density at radius 2 is 1.59 bits per heavy atom. The lowest BCUT2D eigenvalue weighted by atomic mass is 9.87. The molecule has 3 aromatic rings. The van der Waals surface area contributed by atoms with Crippen molar-refractivity contribution in [2.45, 2.75) is 111 Å². The first-order chi connectivity index (χ1) is 22.5. The molecule has 0 saturated heterocycles. The normalized spacial score (nSPS) is 14.4. The number of nitrogens with zero attached hydrogens (tertiary/aromatic N) is 1. The van der Waals surface area contributed by atoms with Gasteiger partial charge in [-0.3, -0.25) is 0 Å². The zero-order valence-electron chi connectivity index (χ0n) is 29.0. The topological polar surface area (TPSA) is 61.0 Å². The van der Waals surface area contributed by atoms with E-state index in [1.54, 1.807) is 0 Å². The van der Waals surface area contributed by atoms with E-state index in [1.807, 2.05) is 32.2 Å². The summed E-state index contributed by atoms with van der Waals surface area (Å²) in [6, 6.07) is 18.1. The molecule has 6 heteroatoms. The summed E-state index contributed by atoms with van der Waals surface area (Å²) in [5.41, 5.74) is 10.5. The number of rotatable bonds is 17. The zero-order chi connectivity index (χ0) is 32.9. The molecule has 0 aliphatic heterocycles. The number of hydrogen-bond donors (Lipinski definition) is 4. The third-order valence-electron chi connectivity index (χ3n) is 8.90. The highest BCUT2D eigenvalue weighted by Crippen LogP contribution is 2.35. The molecular formula is C40H56FN5. The highest BCUT2D eigenvalue weighted by atomic mass is 19.1. The Morgan fingerprint density at radius 3 is 2.24 bits per heavy atom. The third kappa shape index (κ3) is 10.4. The van der Waals surface area contributed by atoms with Gasteiger partial charge in [-0.1, -0.05) is 59.2 Å². The van der Waals surface area contributed by atoms with Gasteiger partial charge in [-0.25, -0.2) is 9.37 Å². The van der Waals surface area contributed by atoms with Crippen LogP contribution >= 0.6 is 0 Å². The average Bonchev–Trinajstić information content (AvgIpc) is 4.02. The molecule has 0 radical (unpaired) electrons. The fourth-order valence-electron chi connectivity index (χ4n) is 5.75. The van der Waals surface area contributed by atoms with E-state index in [2.05, 4.69) is 84.3 Å². The van der Waals surface area contributed by atoms with Gasteiger partial charge in [0.25, 0.3) is 0 Å². The SMILES string of the molecule is CC.CCCNC(Nc1cc(C(CC)Cc2ccc(NCCC(Nc3ccc(F)cc3)=C3CC3)c(C(C)CC)c2)ccn1)=C1CC1. The van der Waals surface area contributed by atoms with Gasteiger partial charge in [0.15, 0.2) is 0 Å². The molecule has 0 bridgehead atoms. The van der Waals surface area contributed by atoms with Gasteiger partial charge in [-0.15, -0.1) is 0 Å². The molecule has 0 spiro atoms. The summed E-state index contributed by atoms with van der Waals surface area (Å²) >= 11 is 0. The molecule has 2 aromatic carbocycles. The third-order valence-corrected chi connectivity index (χ3v) is 8.90. The lowest BCUT2D eigenvalue weighted by Gasteiger charge is -2.21. The Hall–Kier alpha value is -3.80. The minimum atomic E-state index is -0.206. The van der Waals surface area contributed by atoms with Gasteiger partial charge in [0.1, 0.15) is 17.5 Å². The van der Waals surface area contributed by atoms with Crippen molar-refractivity contribution in [2.24, 2.45) is 0 Å². The first kappa shape index (κ1) is 35.1. The van der Waals surface area contributed by atoms with Crippen LogP contribution < -0.4 is 21.3 Å². The minimum Gasteiger partial charge on any atom is -0.384 e. The minimum absolute atomic E-state index is 0.206. The Bertz CT molecular complexity index is 1450. The number of aromatic nitrogens is 1. The van der Waals surface area contributed by atoms with Crippen LogP contribution in [0.4, 0.5) is 21.6 Å². The first-order valence-corrected chi connectivity index (χ1v) is 17.8. The van der Waals surface area contributed by atoms with Crippen molar-refractivity contribution in [2.75, 3.05) is 29.0 Å². The smallest absolute Gasteiger partial charge is 0.131 e. The van der Waals surface area contributed by atoms with Crippen molar-refractivity contribution < 1.29 is 4.39 Å². The van der Waals surface area contributed by atoms with Crippen LogP contribution in [0.3, 0.4) is 0 Å². The number of nitrogens with one attached hydrogen (secondary N) is 4. The van der Waals surface area contributed by atoms with E-state index in [0.717, 1.165) is 75.4 Å². The van der Waals surface area contributed by atoms with E-state index >= 15 is 0 Å². The van der Waals surface area contributed by atoms with Crippen molar-refractivity contribution in [3.63, 3.8) is 0 Å². The van der Waals surface area contributed by atoms with Crippen molar-refractivity contribution >= 4 is 17.2 Å². The summed E-state index contributed by atoms with van der Waals surface area (Å²) in [5, 5.41) is 14.4. The maximum atomic E-state index is 13.4. The van der Waals surface area contributed by atoms with Crippen molar-refractivity contribution in [1.82, 2.24) is 10.3 Å². The van der Waals surface area contributed by atoms with Crippen LogP contribution in [0.2, 0.25) is 0 Å². The molecule has 2 aliphatic rings. The van der Waals surface area contributed by atoms with E-state index < -0.39 is 0 Å². The molecule has 2 aliphatic carbocycles. The molecule has 2 saturated carbocycles. The predicted octanol–water partition coefficient (Wildman–Crippen LogP) is 10.9. The lowest BCUT2D eigenvalue weighted by Crippen LogP contribution is -2.21. The van der Waals surface area contributed by atoms with Gasteiger partial charge in [-0.2, -0.15) is 0 Å². The molecular weight excluding hydrogens is 569 g/mol. The standard InChI is InChI=1S/C38H50FN5.C2H6/c1-5-20-42-38(30-11-12-30)44-37-25-31(18-21-41-37)28(7-3)23-27-8-17-36(34(24-27)26(4)6-2)40-22-19-35(29-9-10-29)43-33-15-13-32(39)14-16-33;1-2/h8,13-18,21,24-26,28,40,42-43H,5-7,9-12,19-20,22-23H2,1-4H3,(H,41,44);1-2H3. The molecule has 248 valence electrons. The van der Waals surface area contributed by atoms with Gasteiger partial charge >= 0.3 is 0 Å². The summed E-state index contributed by atoms with van der Waals surface area (Å²) < 4.78 is 13.4. The van der Waals surface area contributed by atoms with E-state index in [4.69, 9.17) is 0 Å². The average molecular weight is 626 g/mol. The van der Waals surface area contributed by atoms with Crippen molar-refractivity contribution in [3.05, 3.63) is 106 Å². The van der Waals surface area contributed by atoms with Crippen molar-refractivity contribution in [3.8, 4) is 0 Å². The van der Waals surface area contributed by atoms with Crippen LogP contribution in [-0.2, 0) is 6.42 Å². The molecule has 2 unspecified atom stereocenters. The van der Waals surface area contributed by atoms with Gasteiger partial charge in [0, 0.05) is 42.8 Å². The first-order valence-electron chi connectivity index (χ1n) is 17.8. The zero-order valence-corrected chi connectivity index (χ0v) is 29.0. The number of anilines is 3. The van der Waals surface area contributed by atoms with E-state index in [-0.39, 0.29) is 5.82 Å². The van der Waals surface area contributed by atoms with Crippen LogP contribution in [0.15, 0.2) is 83.5 Å². The van der Waals surface area contributed by atoms with E-state index in [1.165, 1.54) is 64.2 Å². The van der Waals surface area contributed by atoms with Crippen LogP contribution in [-0.4, -0.2) is 18.1 Å². The Balaban J connectivity index is 0.00000235. The fourth-order valence-corrected chi connectivity index (χ4v) is 5.75. The number of hydrogen-bond acceptors (Lipinski definition) is 5. The predicted molar refractivity (Wildman–Crippen MR) is 195 cm³/mol. The number of allylic oxidation sites excluding steroid dienone is 2. The van der Waals surface area contributed by atoms with Crippen LogP contribution in [0.1, 0.15) is 121 Å². The Labute approximate surface area is 277 Å².